The average molecular weight is 369 g/mol. The fraction of sp³-hybridized carbons (Fsp3) is 0.150. The maximum atomic E-state index is 10.3. The van der Waals surface area contributed by atoms with Gasteiger partial charge in [-0.1, -0.05) is 48.0 Å². The van der Waals surface area contributed by atoms with E-state index in [1.165, 1.54) is 4.88 Å². The van der Waals surface area contributed by atoms with Gasteiger partial charge in [-0.15, -0.1) is 11.3 Å². The highest BCUT2D eigenvalue weighted by molar-refractivity contribution is 7.12. The number of aromatic hydroxyl groups is 1. The summed E-state index contributed by atoms with van der Waals surface area (Å²) in [4.78, 5) is 6.09. The second-order valence-electron chi connectivity index (χ2n) is 5.99. The minimum atomic E-state index is -0.173. The SMILES string of the molecule is Oc1ccccc1[C@H]1CC(c2cccs2)=N[C@@H](c2ccc(Cl)cc2)N1. The van der Waals surface area contributed by atoms with Gasteiger partial charge in [0.25, 0.3) is 0 Å². The van der Waals surface area contributed by atoms with Crippen molar-refractivity contribution in [3.8, 4) is 5.75 Å². The molecule has 0 saturated heterocycles. The number of thiophene rings is 1. The summed E-state index contributed by atoms with van der Waals surface area (Å²) in [5.41, 5.74) is 3.01. The molecule has 3 nitrogen and oxygen atoms in total. The maximum absolute atomic E-state index is 10.3. The third-order valence-electron chi connectivity index (χ3n) is 4.34. The van der Waals surface area contributed by atoms with Crippen molar-refractivity contribution in [1.29, 1.82) is 0 Å². The molecule has 126 valence electrons. The van der Waals surface area contributed by atoms with Crippen molar-refractivity contribution >= 4 is 28.6 Å². The van der Waals surface area contributed by atoms with Crippen LogP contribution in [-0.4, -0.2) is 10.8 Å². The minimum absolute atomic E-state index is 0.00326. The van der Waals surface area contributed by atoms with Crippen LogP contribution in [0.4, 0.5) is 0 Å². The first-order chi connectivity index (χ1) is 12.2. The number of phenols is 1. The molecule has 2 heterocycles. The van der Waals surface area contributed by atoms with Crippen LogP contribution >= 0.6 is 22.9 Å². The maximum Gasteiger partial charge on any atom is 0.126 e. The highest BCUT2D eigenvalue weighted by Crippen LogP contribution is 2.35. The molecule has 0 radical (unpaired) electrons. The lowest BCUT2D eigenvalue weighted by molar-refractivity contribution is 0.413. The quantitative estimate of drug-likeness (QED) is 0.656. The average Bonchev–Trinajstić information content (AvgIpc) is 3.17. The van der Waals surface area contributed by atoms with Crippen molar-refractivity contribution in [2.75, 3.05) is 0 Å². The largest absolute Gasteiger partial charge is 0.508 e. The van der Waals surface area contributed by atoms with E-state index in [1.54, 1.807) is 17.4 Å². The molecule has 1 aliphatic heterocycles. The predicted octanol–water partition coefficient (Wildman–Crippen LogP) is 5.33. The van der Waals surface area contributed by atoms with Gasteiger partial charge in [-0.3, -0.25) is 10.3 Å². The van der Waals surface area contributed by atoms with E-state index in [-0.39, 0.29) is 12.2 Å². The molecular weight excluding hydrogens is 352 g/mol. The molecule has 1 aliphatic rings. The monoisotopic (exact) mass is 368 g/mol. The highest BCUT2D eigenvalue weighted by atomic mass is 35.5. The zero-order chi connectivity index (χ0) is 17.2. The van der Waals surface area contributed by atoms with Gasteiger partial charge in [-0.25, -0.2) is 0 Å². The van der Waals surface area contributed by atoms with Crippen LogP contribution in [0, 0.1) is 0 Å². The molecule has 5 heteroatoms. The molecule has 0 fully saturated rings. The lowest BCUT2D eigenvalue weighted by atomic mass is 9.96. The van der Waals surface area contributed by atoms with Crippen LogP contribution in [-0.2, 0) is 0 Å². The number of nitrogens with one attached hydrogen (secondary N) is 1. The van der Waals surface area contributed by atoms with Crippen LogP contribution in [0.2, 0.25) is 5.02 Å². The summed E-state index contributed by atoms with van der Waals surface area (Å²) in [5, 5.41) is 16.6. The smallest absolute Gasteiger partial charge is 0.126 e. The molecule has 0 bridgehead atoms. The molecule has 0 spiro atoms. The Kier molecular flexibility index (Phi) is 4.57. The molecule has 3 aromatic rings. The van der Waals surface area contributed by atoms with Crippen LogP contribution < -0.4 is 5.32 Å². The topological polar surface area (TPSA) is 44.6 Å². The van der Waals surface area contributed by atoms with E-state index >= 15 is 0 Å². The summed E-state index contributed by atoms with van der Waals surface area (Å²) in [6.07, 6.45) is 0.565. The van der Waals surface area contributed by atoms with E-state index in [9.17, 15) is 5.11 Å². The lowest BCUT2D eigenvalue weighted by Crippen LogP contribution is -2.32. The molecule has 2 aromatic carbocycles. The number of hydrogen-bond donors (Lipinski definition) is 2. The van der Waals surface area contributed by atoms with E-state index in [0.29, 0.717) is 10.8 Å². The predicted molar refractivity (Wildman–Crippen MR) is 104 cm³/mol. The summed E-state index contributed by atoms with van der Waals surface area (Å²) in [6.45, 7) is 0. The van der Waals surface area contributed by atoms with Crippen molar-refractivity contribution in [2.45, 2.75) is 18.6 Å². The van der Waals surface area contributed by atoms with Gasteiger partial charge in [0.2, 0.25) is 0 Å². The number of hydrogen-bond acceptors (Lipinski definition) is 4. The van der Waals surface area contributed by atoms with Crippen molar-refractivity contribution in [3.05, 3.63) is 87.1 Å². The number of rotatable bonds is 3. The molecule has 25 heavy (non-hydrogen) atoms. The molecule has 0 aliphatic carbocycles. The fourth-order valence-electron chi connectivity index (χ4n) is 3.09. The van der Waals surface area contributed by atoms with Crippen LogP contribution in [0.15, 0.2) is 71.0 Å². The second-order valence-corrected chi connectivity index (χ2v) is 7.37. The van der Waals surface area contributed by atoms with Crippen LogP contribution in [0.1, 0.15) is 34.6 Å². The summed E-state index contributed by atoms with van der Waals surface area (Å²) < 4.78 is 0. The van der Waals surface area contributed by atoms with Crippen LogP contribution in [0.5, 0.6) is 5.75 Å². The van der Waals surface area contributed by atoms with Gasteiger partial charge >= 0.3 is 0 Å². The van der Waals surface area contributed by atoms with Crippen LogP contribution in [0.25, 0.3) is 0 Å². The molecule has 4 rings (SSSR count). The van der Waals surface area contributed by atoms with Gasteiger partial charge in [0.05, 0.1) is 5.71 Å². The Morgan fingerprint density at radius 1 is 1.04 bits per heavy atom. The Hall–Kier alpha value is -2.14. The first kappa shape index (κ1) is 16.3. The van der Waals surface area contributed by atoms with E-state index < -0.39 is 0 Å². The molecule has 2 N–H and O–H groups in total. The van der Waals surface area contributed by atoms with Gasteiger partial charge in [-0.2, -0.15) is 0 Å². The number of para-hydroxylation sites is 1. The van der Waals surface area contributed by atoms with Crippen molar-refractivity contribution < 1.29 is 5.11 Å². The molecular formula is C20H17ClN2OS. The normalized spacial score (nSPS) is 20.3. The van der Waals surface area contributed by atoms with Crippen LogP contribution in [0.3, 0.4) is 0 Å². The number of aliphatic imine (C=N–C) groups is 1. The first-order valence-electron chi connectivity index (χ1n) is 8.10. The van der Waals surface area contributed by atoms with E-state index in [1.807, 2.05) is 48.5 Å². The van der Waals surface area contributed by atoms with Crippen molar-refractivity contribution in [1.82, 2.24) is 5.32 Å². The summed E-state index contributed by atoms with van der Waals surface area (Å²) >= 11 is 7.71. The molecule has 0 unspecified atom stereocenters. The number of phenolic OH excluding ortho intramolecular Hbond substituents is 1. The third-order valence-corrected chi connectivity index (χ3v) is 5.52. The Labute approximate surface area is 155 Å². The van der Waals surface area contributed by atoms with E-state index in [2.05, 4.69) is 16.8 Å². The van der Waals surface area contributed by atoms with Gasteiger partial charge in [0.1, 0.15) is 11.9 Å². The summed E-state index contributed by atoms with van der Waals surface area (Å²) in [6, 6.07) is 19.3. The van der Waals surface area contributed by atoms with Gasteiger partial charge in [-0.05, 0) is 35.2 Å². The van der Waals surface area contributed by atoms with Gasteiger partial charge < -0.3 is 5.11 Å². The second kappa shape index (κ2) is 7.00. The lowest BCUT2D eigenvalue weighted by Gasteiger charge is -2.30. The molecule has 1 aromatic heterocycles. The zero-order valence-electron chi connectivity index (χ0n) is 13.4. The van der Waals surface area contributed by atoms with E-state index in [4.69, 9.17) is 16.6 Å². The Bertz CT molecular complexity index is 890. The zero-order valence-corrected chi connectivity index (χ0v) is 15.0. The van der Waals surface area contributed by atoms with Gasteiger partial charge in [0.15, 0.2) is 0 Å². The fourth-order valence-corrected chi connectivity index (χ4v) is 3.95. The third kappa shape index (κ3) is 3.47. The first-order valence-corrected chi connectivity index (χ1v) is 9.36. The Morgan fingerprint density at radius 3 is 2.56 bits per heavy atom. The number of benzene rings is 2. The molecule has 2 atom stereocenters. The number of nitrogens with zero attached hydrogens (tertiary/aromatic N) is 1. The van der Waals surface area contributed by atoms with Crippen molar-refractivity contribution in [3.63, 3.8) is 0 Å². The number of halogens is 1. The molecule has 0 saturated carbocycles. The summed E-state index contributed by atoms with van der Waals surface area (Å²) in [7, 11) is 0. The Morgan fingerprint density at radius 2 is 1.84 bits per heavy atom. The standard InChI is InChI=1S/C20H17ClN2OS/c21-14-9-7-13(8-10-14)20-22-16(15-4-1-2-5-18(15)24)12-17(23-20)19-6-3-11-25-19/h1-11,16,20,22,24H,12H2/t16-,20+/m1/s1. The summed E-state index contributed by atoms with van der Waals surface area (Å²) in [5.74, 6) is 0.308. The van der Waals surface area contributed by atoms with E-state index in [0.717, 1.165) is 23.3 Å². The molecule has 0 amide bonds. The van der Waals surface area contributed by atoms with Crippen molar-refractivity contribution in [2.24, 2.45) is 4.99 Å². The van der Waals surface area contributed by atoms with Gasteiger partial charge in [0, 0.05) is 27.9 Å². The Balaban J connectivity index is 1.74. The minimum Gasteiger partial charge on any atom is -0.508 e. The highest BCUT2D eigenvalue weighted by Gasteiger charge is 2.27.